The second kappa shape index (κ2) is 10.1. The monoisotopic (exact) mass is 424 g/mol. The highest BCUT2D eigenvalue weighted by atomic mass is 35.5. The fraction of sp³-hybridized carbons (Fsp3) is 0.261. The summed E-state index contributed by atoms with van der Waals surface area (Å²) in [6.45, 7) is 6.28. The normalized spacial score (nSPS) is 10.5. The minimum absolute atomic E-state index is 0.0470. The second-order valence-electron chi connectivity index (χ2n) is 7.12. The van der Waals surface area contributed by atoms with Gasteiger partial charge in [0.25, 0.3) is 0 Å². The van der Waals surface area contributed by atoms with Gasteiger partial charge in [-0.05, 0) is 74.7 Å². The van der Waals surface area contributed by atoms with Gasteiger partial charge < -0.3 is 15.4 Å². The number of hydrogen-bond donors (Lipinski definition) is 2. The summed E-state index contributed by atoms with van der Waals surface area (Å²) in [5.41, 5.74) is 4.48. The van der Waals surface area contributed by atoms with Gasteiger partial charge in [-0.1, -0.05) is 11.6 Å². The summed E-state index contributed by atoms with van der Waals surface area (Å²) in [6, 6.07) is 13.2. The third-order valence-electron chi connectivity index (χ3n) is 4.47. The molecule has 3 rings (SSSR count). The lowest BCUT2D eigenvalue weighted by Gasteiger charge is -2.10. The molecule has 0 radical (unpaired) electrons. The fourth-order valence-electron chi connectivity index (χ4n) is 2.94. The van der Waals surface area contributed by atoms with Gasteiger partial charge in [-0.15, -0.1) is 0 Å². The van der Waals surface area contributed by atoms with Crippen molar-refractivity contribution in [3.63, 3.8) is 0 Å². The Kier molecular flexibility index (Phi) is 7.25. The van der Waals surface area contributed by atoms with E-state index in [9.17, 15) is 4.79 Å². The molecule has 0 bridgehead atoms. The highest BCUT2D eigenvalue weighted by Crippen LogP contribution is 2.26. The molecule has 0 aliphatic carbocycles. The number of nitrogens with one attached hydrogen (secondary N) is 2. The lowest BCUT2D eigenvalue weighted by atomic mass is 10.1. The second-order valence-corrected chi connectivity index (χ2v) is 7.50. The molecule has 0 fully saturated rings. The predicted octanol–water partition coefficient (Wildman–Crippen LogP) is 5.60. The Morgan fingerprint density at radius 1 is 1.00 bits per heavy atom. The minimum Gasteiger partial charge on any atom is -0.494 e. The number of amides is 1. The van der Waals surface area contributed by atoms with E-state index in [1.165, 1.54) is 6.33 Å². The standard InChI is InChI=1S/C23H25ClN4O2/c1-15-11-20(12-16(2)23(15)24)30-10-4-5-22(29)28-19-8-6-18(7-9-19)27-21-13-17(3)25-14-26-21/h6-9,11-14H,4-5,10H2,1-3H3,(H,28,29)(H,25,26,27). The zero-order chi connectivity index (χ0) is 21.5. The third-order valence-corrected chi connectivity index (χ3v) is 5.07. The van der Waals surface area contributed by atoms with E-state index in [1.54, 1.807) is 0 Å². The zero-order valence-corrected chi connectivity index (χ0v) is 18.1. The van der Waals surface area contributed by atoms with E-state index in [1.807, 2.05) is 63.2 Å². The first-order valence-corrected chi connectivity index (χ1v) is 10.1. The van der Waals surface area contributed by atoms with E-state index >= 15 is 0 Å². The molecule has 1 aromatic heterocycles. The smallest absolute Gasteiger partial charge is 0.224 e. The molecule has 30 heavy (non-hydrogen) atoms. The van der Waals surface area contributed by atoms with Crippen LogP contribution in [-0.2, 0) is 4.79 Å². The number of halogens is 1. The van der Waals surface area contributed by atoms with Crippen LogP contribution < -0.4 is 15.4 Å². The van der Waals surface area contributed by atoms with E-state index in [-0.39, 0.29) is 5.91 Å². The maximum absolute atomic E-state index is 12.2. The topological polar surface area (TPSA) is 76.1 Å². The molecule has 0 unspecified atom stereocenters. The van der Waals surface area contributed by atoms with Crippen molar-refractivity contribution in [1.82, 2.24) is 9.97 Å². The highest BCUT2D eigenvalue weighted by molar-refractivity contribution is 6.32. The summed E-state index contributed by atoms with van der Waals surface area (Å²) in [5.74, 6) is 1.45. The predicted molar refractivity (Wildman–Crippen MR) is 121 cm³/mol. The van der Waals surface area contributed by atoms with E-state index in [2.05, 4.69) is 20.6 Å². The molecule has 156 valence electrons. The molecule has 2 aromatic carbocycles. The summed E-state index contributed by atoms with van der Waals surface area (Å²) < 4.78 is 5.75. The molecule has 0 aliphatic rings. The van der Waals surface area contributed by atoms with Crippen LogP contribution in [0, 0.1) is 20.8 Å². The molecule has 0 saturated heterocycles. The molecule has 0 aliphatic heterocycles. The van der Waals surface area contributed by atoms with Crippen LogP contribution in [-0.4, -0.2) is 22.5 Å². The van der Waals surface area contributed by atoms with Crippen LogP contribution >= 0.6 is 11.6 Å². The van der Waals surface area contributed by atoms with Gasteiger partial charge in [0.05, 0.1) is 6.61 Å². The molecular formula is C23H25ClN4O2. The quantitative estimate of drug-likeness (QED) is 0.460. The van der Waals surface area contributed by atoms with Gasteiger partial charge in [-0.2, -0.15) is 0 Å². The molecule has 7 heteroatoms. The maximum Gasteiger partial charge on any atom is 0.224 e. The van der Waals surface area contributed by atoms with Crippen molar-refractivity contribution >= 4 is 34.7 Å². The van der Waals surface area contributed by atoms with Crippen molar-refractivity contribution in [3.05, 3.63) is 70.6 Å². The Bertz CT molecular complexity index is 999. The summed E-state index contributed by atoms with van der Waals surface area (Å²) in [5, 5.41) is 6.87. The average Bonchev–Trinajstić information content (AvgIpc) is 2.71. The van der Waals surface area contributed by atoms with Gasteiger partial charge in [0.2, 0.25) is 5.91 Å². The molecular weight excluding hydrogens is 400 g/mol. The van der Waals surface area contributed by atoms with Crippen molar-refractivity contribution in [2.75, 3.05) is 17.2 Å². The number of anilines is 3. The molecule has 3 aromatic rings. The first-order valence-electron chi connectivity index (χ1n) is 9.76. The lowest BCUT2D eigenvalue weighted by molar-refractivity contribution is -0.116. The molecule has 1 amide bonds. The van der Waals surface area contributed by atoms with Crippen LogP contribution in [0.1, 0.15) is 29.7 Å². The number of ether oxygens (including phenoxy) is 1. The van der Waals surface area contributed by atoms with Crippen LogP contribution in [0.15, 0.2) is 48.8 Å². The summed E-state index contributed by atoms with van der Waals surface area (Å²) in [4.78, 5) is 20.4. The Hall–Kier alpha value is -3.12. The Morgan fingerprint density at radius 2 is 1.67 bits per heavy atom. The number of carbonyl (C=O) groups excluding carboxylic acids is 1. The summed E-state index contributed by atoms with van der Waals surface area (Å²) >= 11 is 6.17. The fourth-order valence-corrected chi connectivity index (χ4v) is 3.05. The Morgan fingerprint density at radius 3 is 2.33 bits per heavy atom. The summed E-state index contributed by atoms with van der Waals surface area (Å²) in [6.07, 6.45) is 2.52. The van der Waals surface area contributed by atoms with Crippen molar-refractivity contribution in [1.29, 1.82) is 0 Å². The van der Waals surface area contributed by atoms with Crippen LogP contribution in [0.5, 0.6) is 5.75 Å². The first kappa shape index (κ1) is 21.6. The number of nitrogens with zero attached hydrogens (tertiary/aromatic N) is 2. The van der Waals surface area contributed by atoms with Crippen molar-refractivity contribution in [2.45, 2.75) is 33.6 Å². The van der Waals surface area contributed by atoms with Gasteiger partial charge in [0.1, 0.15) is 17.9 Å². The Balaban J connectivity index is 1.42. The SMILES string of the molecule is Cc1cc(Nc2ccc(NC(=O)CCCOc3cc(C)c(Cl)c(C)c3)cc2)ncn1. The average molecular weight is 425 g/mol. The lowest BCUT2D eigenvalue weighted by Crippen LogP contribution is -2.12. The molecule has 0 spiro atoms. The maximum atomic E-state index is 12.2. The number of aryl methyl sites for hydroxylation is 3. The number of carbonyl (C=O) groups is 1. The zero-order valence-electron chi connectivity index (χ0n) is 17.3. The number of aromatic nitrogens is 2. The van der Waals surface area contributed by atoms with E-state index in [4.69, 9.17) is 16.3 Å². The molecule has 2 N–H and O–H groups in total. The number of benzene rings is 2. The van der Waals surface area contributed by atoms with Crippen LogP contribution in [0.4, 0.5) is 17.2 Å². The third kappa shape index (κ3) is 6.19. The van der Waals surface area contributed by atoms with Crippen molar-refractivity contribution in [3.8, 4) is 5.75 Å². The first-order chi connectivity index (χ1) is 14.4. The van der Waals surface area contributed by atoms with Gasteiger partial charge in [-0.25, -0.2) is 9.97 Å². The van der Waals surface area contributed by atoms with E-state index < -0.39 is 0 Å². The van der Waals surface area contributed by atoms with Crippen LogP contribution in [0.25, 0.3) is 0 Å². The van der Waals surface area contributed by atoms with E-state index in [0.29, 0.717) is 19.4 Å². The number of hydrogen-bond acceptors (Lipinski definition) is 5. The van der Waals surface area contributed by atoms with Crippen LogP contribution in [0.2, 0.25) is 5.02 Å². The van der Waals surface area contributed by atoms with Gasteiger partial charge in [0.15, 0.2) is 0 Å². The largest absolute Gasteiger partial charge is 0.494 e. The number of rotatable bonds is 8. The van der Waals surface area contributed by atoms with E-state index in [0.717, 1.165) is 44.8 Å². The van der Waals surface area contributed by atoms with Gasteiger partial charge in [-0.3, -0.25) is 4.79 Å². The molecule has 6 nitrogen and oxygen atoms in total. The minimum atomic E-state index is -0.0470. The van der Waals surface area contributed by atoms with Crippen molar-refractivity contribution in [2.24, 2.45) is 0 Å². The van der Waals surface area contributed by atoms with Crippen molar-refractivity contribution < 1.29 is 9.53 Å². The molecule has 1 heterocycles. The highest BCUT2D eigenvalue weighted by Gasteiger charge is 2.06. The summed E-state index contributed by atoms with van der Waals surface area (Å²) in [7, 11) is 0. The van der Waals surface area contributed by atoms with Crippen LogP contribution in [0.3, 0.4) is 0 Å². The van der Waals surface area contributed by atoms with Gasteiger partial charge >= 0.3 is 0 Å². The molecule has 0 atom stereocenters. The van der Waals surface area contributed by atoms with Gasteiger partial charge in [0, 0.05) is 34.6 Å². The Labute approximate surface area is 181 Å². The molecule has 0 saturated carbocycles.